The maximum Gasteiger partial charge on any atom is 0.287 e. The molecule has 0 bridgehead atoms. The highest BCUT2D eigenvalue weighted by Gasteiger charge is 2.28. The van der Waals surface area contributed by atoms with E-state index in [2.05, 4.69) is 15.4 Å². The summed E-state index contributed by atoms with van der Waals surface area (Å²) >= 11 is 0. The molecule has 8 nitrogen and oxygen atoms in total. The van der Waals surface area contributed by atoms with Crippen LogP contribution in [0.5, 0.6) is 0 Å². The summed E-state index contributed by atoms with van der Waals surface area (Å²) in [5, 5.41) is 8.96. The molecule has 1 unspecified atom stereocenters. The van der Waals surface area contributed by atoms with Crippen LogP contribution in [0.15, 0.2) is 73.2 Å². The maximum atomic E-state index is 13.2. The fraction of sp³-hybridized carbons (Fsp3) is 0.125. The zero-order valence-electron chi connectivity index (χ0n) is 17.4. The van der Waals surface area contributed by atoms with Crippen molar-refractivity contribution in [3.8, 4) is 11.3 Å². The van der Waals surface area contributed by atoms with E-state index in [1.54, 1.807) is 25.6 Å². The molecule has 32 heavy (non-hydrogen) atoms. The summed E-state index contributed by atoms with van der Waals surface area (Å²) in [7, 11) is 1.71. The van der Waals surface area contributed by atoms with Gasteiger partial charge >= 0.3 is 0 Å². The molecule has 0 aliphatic rings. The van der Waals surface area contributed by atoms with Crippen LogP contribution in [0, 0.1) is 0 Å². The average Bonchev–Trinajstić information content (AvgIpc) is 3.20. The molecule has 4 rings (SSSR count). The van der Waals surface area contributed by atoms with Crippen LogP contribution < -0.4 is 11.1 Å². The number of ketones is 1. The molecule has 2 aromatic carbocycles. The Labute approximate surface area is 184 Å². The first-order valence-electron chi connectivity index (χ1n) is 9.99. The number of aromatic nitrogens is 3. The van der Waals surface area contributed by atoms with Crippen molar-refractivity contribution < 1.29 is 14.4 Å². The molecule has 2 amide bonds. The van der Waals surface area contributed by atoms with Gasteiger partial charge in [-0.3, -0.25) is 24.0 Å². The van der Waals surface area contributed by atoms with E-state index in [0.29, 0.717) is 5.69 Å². The summed E-state index contributed by atoms with van der Waals surface area (Å²) < 4.78 is 1.53. The Kier molecular flexibility index (Phi) is 5.76. The molecule has 0 saturated carbocycles. The van der Waals surface area contributed by atoms with Crippen molar-refractivity contribution in [3.63, 3.8) is 0 Å². The number of amides is 2. The first-order valence-corrected chi connectivity index (χ1v) is 9.99. The van der Waals surface area contributed by atoms with Gasteiger partial charge < -0.3 is 11.1 Å². The predicted molar refractivity (Wildman–Crippen MR) is 120 cm³/mol. The molecule has 8 heteroatoms. The number of hydrogen-bond donors (Lipinski definition) is 2. The van der Waals surface area contributed by atoms with Crippen molar-refractivity contribution in [2.24, 2.45) is 12.8 Å². The molecule has 2 aromatic heterocycles. The van der Waals surface area contributed by atoms with Crippen molar-refractivity contribution in [1.29, 1.82) is 0 Å². The van der Waals surface area contributed by atoms with Crippen LogP contribution in [0.4, 0.5) is 0 Å². The van der Waals surface area contributed by atoms with Gasteiger partial charge in [0.05, 0.1) is 5.56 Å². The van der Waals surface area contributed by atoms with Crippen LogP contribution in [0.1, 0.15) is 15.9 Å². The summed E-state index contributed by atoms with van der Waals surface area (Å²) in [6.45, 7) is 0. The van der Waals surface area contributed by atoms with E-state index in [1.165, 1.54) is 4.68 Å². The van der Waals surface area contributed by atoms with Crippen LogP contribution in [0.2, 0.25) is 0 Å². The van der Waals surface area contributed by atoms with Crippen LogP contribution in [0.3, 0.4) is 0 Å². The average molecular weight is 427 g/mol. The van der Waals surface area contributed by atoms with Gasteiger partial charge in [0, 0.05) is 43.0 Å². The number of fused-ring (bicyclic) bond motifs is 1. The Morgan fingerprint density at radius 2 is 1.84 bits per heavy atom. The summed E-state index contributed by atoms with van der Waals surface area (Å²) in [6.07, 6.45) is 5.14. The van der Waals surface area contributed by atoms with E-state index in [0.717, 1.165) is 21.9 Å². The van der Waals surface area contributed by atoms with Gasteiger partial charge in [-0.1, -0.05) is 48.5 Å². The monoisotopic (exact) mass is 427 g/mol. The van der Waals surface area contributed by atoms with Gasteiger partial charge in [-0.15, -0.1) is 0 Å². The fourth-order valence-corrected chi connectivity index (χ4v) is 3.65. The highest BCUT2D eigenvalue weighted by atomic mass is 16.2. The number of pyridine rings is 1. The number of Topliss-reactive ketones (excluding diaryl/α,β-unsaturated/α-hetero) is 1. The molecular formula is C24H21N5O3. The first-order chi connectivity index (χ1) is 15.4. The molecule has 4 aromatic rings. The Balaban J connectivity index is 1.70. The second-order valence-corrected chi connectivity index (χ2v) is 7.41. The van der Waals surface area contributed by atoms with E-state index < -0.39 is 23.6 Å². The number of benzene rings is 2. The van der Waals surface area contributed by atoms with Crippen molar-refractivity contribution in [3.05, 3.63) is 84.3 Å². The Hall–Kier alpha value is -4.33. The van der Waals surface area contributed by atoms with Crippen molar-refractivity contribution in [2.45, 2.75) is 12.5 Å². The summed E-state index contributed by atoms with van der Waals surface area (Å²) in [5.74, 6) is -2.47. The first kappa shape index (κ1) is 20.9. The maximum absolute atomic E-state index is 13.2. The number of rotatable bonds is 7. The molecule has 0 radical (unpaired) electrons. The molecule has 0 fully saturated rings. The lowest BCUT2D eigenvalue weighted by Gasteiger charge is -2.16. The van der Waals surface area contributed by atoms with E-state index in [9.17, 15) is 14.4 Å². The minimum Gasteiger partial charge on any atom is -0.363 e. The molecule has 0 aliphatic heterocycles. The molecule has 1 atom stereocenters. The lowest BCUT2D eigenvalue weighted by molar-refractivity contribution is -0.137. The minimum absolute atomic E-state index is 0.143. The second-order valence-electron chi connectivity index (χ2n) is 7.41. The van der Waals surface area contributed by atoms with Crippen LogP contribution in [-0.4, -0.2) is 38.4 Å². The molecular weight excluding hydrogens is 406 g/mol. The predicted octanol–water partition coefficient (Wildman–Crippen LogP) is 2.03. The lowest BCUT2D eigenvalue weighted by atomic mass is 9.99. The van der Waals surface area contributed by atoms with E-state index in [-0.39, 0.29) is 12.0 Å². The summed E-state index contributed by atoms with van der Waals surface area (Å²) in [4.78, 5) is 41.4. The zero-order valence-corrected chi connectivity index (χ0v) is 17.4. The smallest absolute Gasteiger partial charge is 0.287 e. The van der Waals surface area contributed by atoms with Crippen LogP contribution in [0.25, 0.3) is 22.0 Å². The Morgan fingerprint density at radius 1 is 1.06 bits per heavy atom. The van der Waals surface area contributed by atoms with Gasteiger partial charge in [0.2, 0.25) is 5.78 Å². The number of primary amides is 1. The van der Waals surface area contributed by atoms with Gasteiger partial charge in [0.25, 0.3) is 11.8 Å². The summed E-state index contributed by atoms with van der Waals surface area (Å²) in [5.41, 5.74) is 7.53. The molecule has 0 saturated heterocycles. The standard InChI is InChI=1S/C24H21N5O3/c1-29-14-19(21(28-29)18-9-5-8-16-13-26-11-10-17(16)18)24(32)27-20(22(30)23(25)31)12-15-6-3-2-4-7-15/h2-11,13-14,20H,12H2,1H3,(H2,25,31)(H,27,32). The lowest BCUT2D eigenvalue weighted by Crippen LogP contribution is -2.47. The number of carbonyl (C=O) groups excluding carboxylic acids is 3. The third-order valence-corrected chi connectivity index (χ3v) is 5.16. The normalized spacial score (nSPS) is 11.8. The van der Waals surface area contributed by atoms with Crippen molar-refractivity contribution >= 4 is 28.4 Å². The second kappa shape index (κ2) is 8.81. The van der Waals surface area contributed by atoms with E-state index in [1.807, 2.05) is 54.6 Å². The van der Waals surface area contributed by atoms with Crippen molar-refractivity contribution in [2.75, 3.05) is 0 Å². The van der Waals surface area contributed by atoms with Gasteiger partial charge in [-0.05, 0) is 17.0 Å². The third-order valence-electron chi connectivity index (χ3n) is 5.16. The van der Waals surface area contributed by atoms with Crippen LogP contribution >= 0.6 is 0 Å². The van der Waals surface area contributed by atoms with Gasteiger partial charge in [0.1, 0.15) is 11.7 Å². The summed E-state index contributed by atoms with van der Waals surface area (Å²) in [6, 6.07) is 15.5. The molecule has 160 valence electrons. The highest BCUT2D eigenvalue weighted by Crippen LogP contribution is 2.29. The Morgan fingerprint density at radius 3 is 2.59 bits per heavy atom. The number of nitrogens with one attached hydrogen (secondary N) is 1. The molecule has 2 heterocycles. The number of carbonyl (C=O) groups is 3. The Bertz CT molecular complexity index is 1310. The van der Waals surface area contributed by atoms with E-state index in [4.69, 9.17) is 5.73 Å². The van der Waals surface area contributed by atoms with Crippen molar-refractivity contribution in [1.82, 2.24) is 20.1 Å². The number of hydrogen-bond acceptors (Lipinski definition) is 5. The molecule has 0 aliphatic carbocycles. The van der Waals surface area contributed by atoms with Crippen LogP contribution in [-0.2, 0) is 23.1 Å². The highest BCUT2D eigenvalue weighted by molar-refractivity contribution is 6.38. The quantitative estimate of drug-likeness (QED) is 0.437. The third kappa shape index (κ3) is 4.24. The van der Waals surface area contributed by atoms with Gasteiger partial charge in [-0.25, -0.2) is 0 Å². The number of nitrogens with zero attached hydrogens (tertiary/aromatic N) is 3. The van der Waals surface area contributed by atoms with Gasteiger partial charge in [-0.2, -0.15) is 5.10 Å². The minimum atomic E-state index is -1.10. The topological polar surface area (TPSA) is 120 Å². The zero-order chi connectivity index (χ0) is 22.7. The molecule has 0 spiro atoms. The largest absolute Gasteiger partial charge is 0.363 e. The van der Waals surface area contributed by atoms with Gasteiger partial charge in [0.15, 0.2) is 0 Å². The number of aryl methyl sites for hydroxylation is 1. The fourth-order valence-electron chi connectivity index (χ4n) is 3.65. The SMILES string of the molecule is Cn1cc(C(=O)NC(Cc2ccccc2)C(=O)C(N)=O)c(-c2cccc3cnccc23)n1. The number of nitrogens with two attached hydrogens (primary N) is 1. The molecule has 3 N–H and O–H groups in total. The van der Waals surface area contributed by atoms with E-state index >= 15 is 0 Å².